The van der Waals surface area contributed by atoms with E-state index in [4.69, 9.17) is 0 Å². The molecule has 0 aromatic carbocycles. The van der Waals surface area contributed by atoms with E-state index in [1.165, 1.54) is 0 Å². The number of aromatic nitrogens is 2. The smallest absolute Gasteiger partial charge is 0.105 e. The molecule has 16 heavy (non-hydrogen) atoms. The minimum atomic E-state index is 0.611. The standard InChI is InChI=1S/C12H22N4/c1-10-9-16(11(2)8-14-10)7-6-15-5-4-13-12(15)3/h4-5,10-11,14H,6-9H2,1-3H3. The molecule has 0 spiro atoms. The van der Waals surface area contributed by atoms with Crippen LogP contribution in [-0.4, -0.2) is 46.2 Å². The van der Waals surface area contributed by atoms with E-state index in [0.717, 1.165) is 32.0 Å². The van der Waals surface area contributed by atoms with Crippen LogP contribution in [0.4, 0.5) is 0 Å². The number of piperazine rings is 1. The Hall–Kier alpha value is -0.870. The Balaban J connectivity index is 1.87. The molecule has 1 N–H and O–H groups in total. The first-order valence-corrected chi connectivity index (χ1v) is 6.12. The average molecular weight is 222 g/mol. The molecule has 1 fully saturated rings. The number of rotatable bonds is 3. The third-order valence-electron chi connectivity index (χ3n) is 3.45. The Labute approximate surface area is 97.7 Å². The minimum absolute atomic E-state index is 0.611. The van der Waals surface area contributed by atoms with Gasteiger partial charge in [-0.3, -0.25) is 4.90 Å². The van der Waals surface area contributed by atoms with Crippen LogP contribution in [0.2, 0.25) is 0 Å². The van der Waals surface area contributed by atoms with Crippen molar-refractivity contribution in [2.24, 2.45) is 0 Å². The summed E-state index contributed by atoms with van der Waals surface area (Å²) in [6.45, 7) is 11.0. The number of aryl methyl sites for hydroxylation is 1. The Kier molecular flexibility index (Phi) is 3.61. The van der Waals surface area contributed by atoms with Crippen LogP contribution in [0.1, 0.15) is 19.7 Å². The molecule has 0 bridgehead atoms. The molecule has 1 aromatic rings. The van der Waals surface area contributed by atoms with Crippen molar-refractivity contribution in [3.05, 3.63) is 18.2 Å². The highest BCUT2D eigenvalue weighted by Crippen LogP contribution is 2.07. The molecule has 2 unspecified atom stereocenters. The lowest BCUT2D eigenvalue weighted by molar-refractivity contribution is 0.141. The van der Waals surface area contributed by atoms with E-state index in [9.17, 15) is 0 Å². The van der Waals surface area contributed by atoms with E-state index in [-0.39, 0.29) is 0 Å². The van der Waals surface area contributed by atoms with Crippen molar-refractivity contribution in [2.45, 2.75) is 39.4 Å². The Morgan fingerprint density at radius 3 is 2.94 bits per heavy atom. The van der Waals surface area contributed by atoms with Gasteiger partial charge in [-0.15, -0.1) is 0 Å². The van der Waals surface area contributed by atoms with Crippen LogP contribution < -0.4 is 5.32 Å². The van der Waals surface area contributed by atoms with E-state index in [1.54, 1.807) is 0 Å². The minimum Gasteiger partial charge on any atom is -0.334 e. The van der Waals surface area contributed by atoms with Crippen molar-refractivity contribution in [3.63, 3.8) is 0 Å². The zero-order valence-corrected chi connectivity index (χ0v) is 10.5. The van der Waals surface area contributed by atoms with Crippen molar-refractivity contribution >= 4 is 0 Å². The van der Waals surface area contributed by atoms with Crippen LogP contribution in [0.15, 0.2) is 12.4 Å². The lowest BCUT2D eigenvalue weighted by atomic mass is 10.1. The normalized spacial score (nSPS) is 27.2. The predicted molar refractivity (Wildman–Crippen MR) is 65.5 cm³/mol. The van der Waals surface area contributed by atoms with E-state index < -0.39 is 0 Å². The second-order valence-electron chi connectivity index (χ2n) is 4.82. The number of imidazole rings is 1. The maximum atomic E-state index is 4.25. The molecular formula is C12H22N4. The molecule has 0 radical (unpaired) electrons. The van der Waals surface area contributed by atoms with Crippen molar-refractivity contribution in [1.82, 2.24) is 19.8 Å². The average Bonchev–Trinajstić information content (AvgIpc) is 2.66. The monoisotopic (exact) mass is 222 g/mol. The van der Waals surface area contributed by atoms with Gasteiger partial charge >= 0.3 is 0 Å². The van der Waals surface area contributed by atoms with E-state index in [1.807, 2.05) is 6.20 Å². The summed E-state index contributed by atoms with van der Waals surface area (Å²) in [7, 11) is 0. The third kappa shape index (κ3) is 2.62. The zero-order valence-electron chi connectivity index (χ0n) is 10.5. The molecule has 0 amide bonds. The zero-order chi connectivity index (χ0) is 11.5. The summed E-state index contributed by atoms with van der Waals surface area (Å²) in [6.07, 6.45) is 3.94. The van der Waals surface area contributed by atoms with Crippen molar-refractivity contribution in [3.8, 4) is 0 Å². The first-order chi connectivity index (χ1) is 7.66. The summed E-state index contributed by atoms with van der Waals surface area (Å²) in [5.74, 6) is 1.11. The largest absolute Gasteiger partial charge is 0.334 e. The van der Waals surface area contributed by atoms with Gasteiger partial charge in [-0.25, -0.2) is 4.98 Å². The van der Waals surface area contributed by atoms with Gasteiger partial charge in [0, 0.05) is 50.7 Å². The van der Waals surface area contributed by atoms with Gasteiger partial charge in [0.15, 0.2) is 0 Å². The maximum Gasteiger partial charge on any atom is 0.105 e. The summed E-state index contributed by atoms with van der Waals surface area (Å²) in [5, 5.41) is 3.51. The Morgan fingerprint density at radius 1 is 1.44 bits per heavy atom. The molecule has 1 saturated heterocycles. The number of nitrogens with zero attached hydrogens (tertiary/aromatic N) is 3. The maximum absolute atomic E-state index is 4.25. The molecule has 4 nitrogen and oxygen atoms in total. The highest BCUT2D eigenvalue weighted by molar-refractivity contribution is 4.89. The number of hydrogen-bond donors (Lipinski definition) is 1. The van der Waals surface area contributed by atoms with Gasteiger partial charge < -0.3 is 9.88 Å². The van der Waals surface area contributed by atoms with Crippen molar-refractivity contribution < 1.29 is 0 Å². The summed E-state index contributed by atoms with van der Waals surface area (Å²) in [6, 6.07) is 1.25. The molecule has 1 aliphatic rings. The predicted octanol–water partition coefficient (Wildman–Crippen LogP) is 0.874. The van der Waals surface area contributed by atoms with Gasteiger partial charge in [0.05, 0.1) is 0 Å². The molecule has 4 heteroatoms. The van der Waals surface area contributed by atoms with E-state index in [0.29, 0.717) is 12.1 Å². The first-order valence-electron chi connectivity index (χ1n) is 6.12. The second-order valence-corrected chi connectivity index (χ2v) is 4.82. The molecule has 1 aliphatic heterocycles. The molecule has 0 saturated carbocycles. The fourth-order valence-corrected chi connectivity index (χ4v) is 2.28. The van der Waals surface area contributed by atoms with Crippen LogP contribution in [0.5, 0.6) is 0 Å². The molecule has 1 aromatic heterocycles. The summed E-state index contributed by atoms with van der Waals surface area (Å²) < 4.78 is 2.22. The van der Waals surface area contributed by atoms with Crippen LogP contribution >= 0.6 is 0 Å². The van der Waals surface area contributed by atoms with E-state index >= 15 is 0 Å². The van der Waals surface area contributed by atoms with Gasteiger partial charge in [-0.1, -0.05) is 0 Å². The molecule has 2 rings (SSSR count). The molecule has 2 atom stereocenters. The molecular weight excluding hydrogens is 200 g/mol. The summed E-state index contributed by atoms with van der Waals surface area (Å²) >= 11 is 0. The number of nitrogens with one attached hydrogen (secondary N) is 1. The van der Waals surface area contributed by atoms with Crippen LogP contribution in [0, 0.1) is 6.92 Å². The molecule has 0 aliphatic carbocycles. The van der Waals surface area contributed by atoms with Gasteiger partial charge in [0.1, 0.15) is 5.82 Å². The lowest BCUT2D eigenvalue weighted by Crippen LogP contribution is -2.54. The van der Waals surface area contributed by atoms with E-state index in [2.05, 4.69) is 46.7 Å². The van der Waals surface area contributed by atoms with Crippen molar-refractivity contribution in [1.29, 1.82) is 0 Å². The third-order valence-corrected chi connectivity index (χ3v) is 3.45. The fraction of sp³-hybridized carbons (Fsp3) is 0.750. The van der Waals surface area contributed by atoms with Gasteiger partial charge in [-0.05, 0) is 20.8 Å². The van der Waals surface area contributed by atoms with Crippen LogP contribution in [0.25, 0.3) is 0 Å². The van der Waals surface area contributed by atoms with Crippen LogP contribution in [-0.2, 0) is 6.54 Å². The Bertz CT molecular complexity index is 334. The molecule has 90 valence electrons. The highest BCUT2D eigenvalue weighted by Gasteiger charge is 2.21. The molecule has 2 heterocycles. The van der Waals surface area contributed by atoms with Crippen molar-refractivity contribution in [2.75, 3.05) is 19.6 Å². The highest BCUT2D eigenvalue weighted by atomic mass is 15.2. The number of hydrogen-bond acceptors (Lipinski definition) is 3. The fourth-order valence-electron chi connectivity index (χ4n) is 2.28. The van der Waals surface area contributed by atoms with Gasteiger partial charge in [0.2, 0.25) is 0 Å². The van der Waals surface area contributed by atoms with Gasteiger partial charge in [-0.2, -0.15) is 0 Å². The van der Waals surface area contributed by atoms with Gasteiger partial charge in [0.25, 0.3) is 0 Å². The Morgan fingerprint density at radius 2 is 2.25 bits per heavy atom. The topological polar surface area (TPSA) is 33.1 Å². The quantitative estimate of drug-likeness (QED) is 0.824. The summed E-state index contributed by atoms with van der Waals surface area (Å²) in [4.78, 5) is 6.80. The summed E-state index contributed by atoms with van der Waals surface area (Å²) in [5.41, 5.74) is 0. The lowest BCUT2D eigenvalue weighted by Gasteiger charge is -2.37. The SMILES string of the molecule is Cc1nccn1CCN1CC(C)NCC1C. The second kappa shape index (κ2) is 4.97. The first kappa shape index (κ1) is 11.6. The van der Waals surface area contributed by atoms with Crippen LogP contribution in [0.3, 0.4) is 0 Å².